The molecule has 1 N–H and O–H groups in total. The molecule has 25 heavy (non-hydrogen) atoms. The molecule has 140 valence electrons. The molecule has 0 aromatic heterocycles. The molecule has 7 unspecified atom stereocenters. The van der Waals surface area contributed by atoms with Crippen LogP contribution < -0.4 is 0 Å². The van der Waals surface area contributed by atoms with Gasteiger partial charge in [-0.25, -0.2) is 0 Å². The highest BCUT2D eigenvalue weighted by Gasteiger charge is 2.59. The quantitative estimate of drug-likeness (QED) is 0.437. The number of aliphatic hydroxyl groups is 1. The molecule has 0 aromatic carbocycles. The maximum absolute atomic E-state index is 10.1. The van der Waals surface area contributed by atoms with E-state index < -0.39 is 0 Å². The van der Waals surface area contributed by atoms with Gasteiger partial charge in [-0.2, -0.15) is 0 Å². The lowest BCUT2D eigenvalue weighted by Gasteiger charge is -2.58. The maximum atomic E-state index is 10.1. The largest absolute Gasteiger partial charge is 0.399 e. The Balaban J connectivity index is 1.63. The smallest absolute Gasteiger partial charge is 0.106 e. The van der Waals surface area contributed by atoms with Crippen molar-refractivity contribution in [3.05, 3.63) is 11.6 Å². The van der Waals surface area contributed by atoms with Gasteiger partial charge in [0.05, 0.1) is 11.8 Å². The van der Waals surface area contributed by atoms with Gasteiger partial charge >= 0.3 is 0 Å². The van der Waals surface area contributed by atoms with Crippen molar-refractivity contribution in [3.8, 4) is 0 Å². The monoisotopic (exact) mass is 345 g/mol. The summed E-state index contributed by atoms with van der Waals surface area (Å²) in [5.41, 5.74) is 3.51. The molecule has 0 radical (unpaired) electrons. The van der Waals surface area contributed by atoms with E-state index in [1.807, 2.05) is 0 Å². The van der Waals surface area contributed by atoms with E-state index in [4.69, 9.17) is 4.84 Å². The first kappa shape index (κ1) is 17.6. The van der Waals surface area contributed by atoms with E-state index in [1.165, 1.54) is 44.2 Å². The van der Waals surface area contributed by atoms with Crippen molar-refractivity contribution >= 4 is 5.71 Å². The van der Waals surface area contributed by atoms with Crippen LogP contribution in [0.25, 0.3) is 0 Å². The number of allylic oxidation sites excluding steroid dienone is 1. The minimum absolute atomic E-state index is 0.103. The van der Waals surface area contributed by atoms with E-state index in [1.54, 1.807) is 12.7 Å². The van der Waals surface area contributed by atoms with E-state index in [0.717, 1.165) is 30.6 Å². The summed E-state index contributed by atoms with van der Waals surface area (Å²) in [6.07, 6.45) is 12.0. The van der Waals surface area contributed by atoms with Crippen LogP contribution in [0.4, 0.5) is 0 Å². The van der Waals surface area contributed by atoms with Crippen LogP contribution >= 0.6 is 0 Å². The molecule has 3 nitrogen and oxygen atoms in total. The Hall–Kier alpha value is -0.830. The van der Waals surface area contributed by atoms with Gasteiger partial charge in [-0.05, 0) is 86.9 Å². The first-order valence-electron chi connectivity index (χ1n) is 10.4. The molecular formula is C22H35NO2. The van der Waals surface area contributed by atoms with Crippen molar-refractivity contribution in [2.75, 3.05) is 7.11 Å². The van der Waals surface area contributed by atoms with Crippen molar-refractivity contribution in [1.82, 2.24) is 0 Å². The number of rotatable bonds is 2. The number of aliphatic hydroxyl groups excluding tert-OH is 1. The lowest BCUT2D eigenvalue weighted by Crippen LogP contribution is -2.50. The summed E-state index contributed by atoms with van der Waals surface area (Å²) in [5, 5.41) is 14.4. The molecule has 4 aliphatic carbocycles. The van der Waals surface area contributed by atoms with E-state index in [0.29, 0.717) is 16.7 Å². The molecule has 3 saturated carbocycles. The zero-order chi connectivity index (χ0) is 17.8. The molecule has 3 heteroatoms. The van der Waals surface area contributed by atoms with Gasteiger partial charge < -0.3 is 9.94 Å². The third kappa shape index (κ3) is 2.52. The van der Waals surface area contributed by atoms with Gasteiger partial charge in [0, 0.05) is 5.92 Å². The van der Waals surface area contributed by atoms with Gasteiger partial charge in [0.1, 0.15) is 7.11 Å². The Morgan fingerprint density at radius 2 is 1.96 bits per heavy atom. The van der Waals surface area contributed by atoms with Crippen molar-refractivity contribution in [2.24, 2.45) is 39.7 Å². The van der Waals surface area contributed by atoms with Gasteiger partial charge in [-0.15, -0.1) is 0 Å². The fourth-order valence-corrected chi connectivity index (χ4v) is 7.54. The third-order valence-corrected chi connectivity index (χ3v) is 8.82. The maximum Gasteiger partial charge on any atom is 0.106 e. The van der Waals surface area contributed by atoms with E-state index in [-0.39, 0.29) is 6.10 Å². The highest BCUT2D eigenvalue weighted by molar-refractivity contribution is 5.85. The second-order valence-electron chi connectivity index (χ2n) is 9.75. The minimum atomic E-state index is -0.103. The summed E-state index contributed by atoms with van der Waals surface area (Å²) in [4.78, 5) is 5.10. The number of hydrogen-bond acceptors (Lipinski definition) is 3. The Bertz CT molecular complexity index is 597. The number of hydrogen-bond donors (Lipinski definition) is 1. The molecule has 0 heterocycles. The standard InChI is InChI=1S/C22H35NO2/c1-14(23-25-4)18-7-8-19-17-6-5-15-13-16(24)9-11-21(15,2)20(17)10-12-22(18,19)3/h5,16-20,24H,6-13H2,1-4H3. The molecule has 0 amide bonds. The summed E-state index contributed by atoms with van der Waals surface area (Å²) in [5.74, 6) is 3.05. The van der Waals surface area contributed by atoms with Gasteiger partial charge in [-0.1, -0.05) is 30.7 Å². The molecule has 4 aliphatic rings. The summed E-state index contributed by atoms with van der Waals surface area (Å²) in [6.45, 7) is 7.21. The van der Waals surface area contributed by atoms with Crippen molar-refractivity contribution in [2.45, 2.75) is 78.2 Å². The van der Waals surface area contributed by atoms with Gasteiger partial charge in [0.15, 0.2) is 0 Å². The summed E-state index contributed by atoms with van der Waals surface area (Å²) < 4.78 is 0. The van der Waals surface area contributed by atoms with Crippen molar-refractivity contribution in [3.63, 3.8) is 0 Å². The first-order chi connectivity index (χ1) is 11.9. The topological polar surface area (TPSA) is 41.8 Å². The van der Waals surface area contributed by atoms with Gasteiger partial charge in [0.2, 0.25) is 0 Å². The number of nitrogens with zero attached hydrogens (tertiary/aromatic N) is 1. The lowest BCUT2D eigenvalue weighted by molar-refractivity contribution is -0.0426. The Morgan fingerprint density at radius 1 is 1.16 bits per heavy atom. The summed E-state index contributed by atoms with van der Waals surface area (Å²) >= 11 is 0. The number of fused-ring (bicyclic) bond motifs is 5. The fraction of sp³-hybridized carbons (Fsp3) is 0.864. The van der Waals surface area contributed by atoms with Crippen LogP contribution in [0.1, 0.15) is 72.1 Å². The SMILES string of the molecule is CON=C(C)C1CCC2C3CC=C4CC(O)CCC4(C)C3CCC12C. The Labute approximate surface area is 152 Å². The Kier molecular flexibility index (Phi) is 4.30. The van der Waals surface area contributed by atoms with Crippen molar-refractivity contribution in [1.29, 1.82) is 0 Å². The molecule has 0 saturated heterocycles. The van der Waals surface area contributed by atoms with Crippen LogP contribution in [0.3, 0.4) is 0 Å². The average molecular weight is 346 g/mol. The molecule has 0 spiro atoms. The predicted octanol–water partition coefficient (Wildman–Crippen LogP) is 4.95. The average Bonchev–Trinajstić information content (AvgIpc) is 2.93. The van der Waals surface area contributed by atoms with Gasteiger partial charge in [-0.3, -0.25) is 0 Å². The number of oxime groups is 1. The van der Waals surface area contributed by atoms with Crippen molar-refractivity contribution < 1.29 is 9.94 Å². The van der Waals surface area contributed by atoms with Crippen LogP contribution in [0, 0.1) is 34.5 Å². The highest BCUT2D eigenvalue weighted by atomic mass is 16.6. The van der Waals surface area contributed by atoms with Crippen LogP contribution in [-0.2, 0) is 4.84 Å². The lowest BCUT2D eigenvalue weighted by atomic mass is 9.47. The predicted molar refractivity (Wildman–Crippen MR) is 101 cm³/mol. The zero-order valence-electron chi connectivity index (χ0n) is 16.4. The van der Waals surface area contributed by atoms with Crippen LogP contribution in [0.5, 0.6) is 0 Å². The first-order valence-corrected chi connectivity index (χ1v) is 10.4. The molecule has 7 atom stereocenters. The summed E-state index contributed by atoms with van der Waals surface area (Å²) in [6, 6.07) is 0. The molecule has 0 bridgehead atoms. The summed E-state index contributed by atoms with van der Waals surface area (Å²) in [7, 11) is 1.67. The third-order valence-electron chi connectivity index (χ3n) is 8.82. The highest BCUT2D eigenvalue weighted by Crippen LogP contribution is 2.66. The molecule has 3 fully saturated rings. The molecule has 4 rings (SSSR count). The second kappa shape index (κ2) is 6.11. The second-order valence-corrected chi connectivity index (χ2v) is 9.75. The molecule has 0 aliphatic heterocycles. The zero-order valence-corrected chi connectivity index (χ0v) is 16.4. The fourth-order valence-electron chi connectivity index (χ4n) is 7.54. The van der Waals surface area contributed by atoms with E-state index in [9.17, 15) is 5.11 Å². The normalized spacial score (nSPS) is 49.7. The van der Waals surface area contributed by atoms with Gasteiger partial charge in [0.25, 0.3) is 0 Å². The van der Waals surface area contributed by atoms with E-state index in [2.05, 4.69) is 32.0 Å². The van der Waals surface area contributed by atoms with Crippen LogP contribution in [-0.4, -0.2) is 24.0 Å². The Morgan fingerprint density at radius 3 is 2.72 bits per heavy atom. The minimum Gasteiger partial charge on any atom is -0.399 e. The molecular weight excluding hydrogens is 310 g/mol. The van der Waals surface area contributed by atoms with E-state index >= 15 is 0 Å². The van der Waals surface area contributed by atoms with Crippen LogP contribution in [0.2, 0.25) is 0 Å². The molecule has 0 aromatic rings. The van der Waals surface area contributed by atoms with Crippen LogP contribution in [0.15, 0.2) is 16.8 Å².